The Balaban J connectivity index is 0.00000200. The highest BCUT2D eigenvalue weighted by molar-refractivity contribution is 5.95. The van der Waals surface area contributed by atoms with Crippen molar-refractivity contribution in [2.75, 3.05) is 6.54 Å². The van der Waals surface area contributed by atoms with Crippen LogP contribution in [0.3, 0.4) is 0 Å². The van der Waals surface area contributed by atoms with E-state index in [4.69, 9.17) is 5.73 Å². The molecule has 0 saturated carbocycles. The van der Waals surface area contributed by atoms with Crippen LogP contribution in [0.5, 0.6) is 0 Å². The fourth-order valence-corrected chi connectivity index (χ4v) is 1.56. The predicted molar refractivity (Wildman–Crippen MR) is 86.5 cm³/mol. The number of nitrogens with two attached hydrogens (primary N) is 1. The van der Waals surface area contributed by atoms with Crippen LogP contribution in [0.1, 0.15) is 24.2 Å². The summed E-state index contributed by atoms with van der Waals surface area (Å²) >= 11 is 0. The zero-order valence-corrected chi connectivity index (χ0v) is 13.4. The lowest BCUT2D eigenvalue weighted by Gasteiger charge is -2.24. The molecule has 2 aromatic rings. The quantitative estimate of drug-likeness (QED) is 0.890. The van der Waals surface area contributed by atoms with Crippen molar-refractivity contribution in [3.05, 3.63) is 42.5 Å². The van der Waals surface area contributed by atoms with Gasteiger partial charge in [-0.15, -0.1) is 24.8 Å². The lowest BCUT2D eigenvalue weighted by Crippen LogP contribution is -2.48. The van der Waals surface area contributed by atoms with Crippen LogP contribution in [-0.2, 0) is 0 Å². The molecule has 0 bridgehead atoms. The van der Waals surface area contributed by atoms with E-state index in [2.05, 4.69) is 15.4 Å². The molecule has 0 atom stereocenters. The lowest BCUT2D eigenvalue weighted by molar-refractivity contribution is 0.0915. The van der Waals surface area contributed by atoms with Crippen LogP contribution in [0.4, 0.5) is 0 Å². The molecule has 3 N–H and O–H groups in total. The lowest BCUT2D eigenvalue weighted by atomic mass is 10.1. The van der Waals surface area contributed by atoms with E-state index in [0.29, 0.717) is 12.1 Å². The second kappa shape index (κ2) is 7.97. The number of rotatable bonds is 4. The summed E-state index contributed by atoms with van der Waals surface area (Å²) in [4.78, 5) is 16.0. The average molecular weight is 332 g/mol. The molecule has 1 aromatic carbocycles. The van der Waals surface area contributed by atoms with E-state index in [-0.39, 0.29) is 30.7 Å². The van der Waals surface area contributed by atoms with Gasteiger partial charge in [0, 0.05) is 17.6 Å². The van der Waals surface area contributed by atoms with Gasteiger partial charge in [-0.1, -0.05) is 6.07 Å². The Morgan fingerprint density at radius 3 is 2.67 bits per heavy atom. The molecule has 1 amide bonds. The van der Waals surface area contributed by atoms with Gasteiger partial charge in [-0.3, -0.25) is 4.79 Å². The number of halogens is 2. The number of nitrogens with zero attached hydrogens (tertiary/aromatic N) is 3. The first-order chi connectivity index (χ1) is 9.02. The van der Waals surface area contributed by atoms with Crippen molar-refractivity contribution in [1.82, 2.24) is 20.1 Å². The summed E-state index contributed by atoms with van der Waals surface area (Å²) in [6.45, 7) is 4.14. The van der Waals surface area contributed by atoms with Gasteiger partial charge in [0.1, 0.15) is 12.7 Å². The highest BCUT2D eigenvalue weighted by Gasteiger charge is 2.19. The van der Waals surface area contributed by atoms with Crippen LogP contribution in [-0.4, -0.2) is 32.8 Å². The van der Waals surface area contributed by atoms with E-state index in [9.17, 15) is 4.79 Å². The topological polar surface area (TPSA) is 85.8 Å². The van der Waals surface area contributed by atoms with Gasteiger partial charge < -0.3 is 11.1 Å². The Labute approximate surface area is 135 Å². The molecule has 0 aliphatic heterocycles. The Hall–Kier alpha value is -1.63. The molecule has 1 heterocycles. The molecule has 116 valence electrons. The SMILES string of the molecule is CC(C)(CN)NC(=O)c1cccc(-n2cncn2)c1.Cl.Cl. The van der Waals surface area contributed by atoms with E-state index >= 15 is 0 Å². The van der Waals surface area contributed by atoms with Crippen LogP contribution in [0.25, 0.3) is 5.69 Å². The number of nitrogens with one attached hydrogen (secondary N) is 1. The van der Waals surface area contributed by atoms with Crippen molar-refractivity contribution < 1.29 is 4.79 Å². The summed E-state index contributed by atoms with van der Waals surface area (Å²) < 4.78 is 1.60. The van der Waals surface area contributed by atoms with Crippen LogP contribution >= 0.6 is 24.8 Å². The molecule has 21 heavy (non-hydrogen) atoms. The maximum Gasteiger partial charge on any atom is 0.251 e. The summed E-state index contributed by atoms with van der Waals surface area (Å²) in [5.74, 6) is -0.155. The Bertz CT molecular complexity index is 572. The second-order valence-electron chi connectivity index (χ2n) is 4.93. The van der Waals surface area contributed by atoms with Crippen molar-refractivity contribution in [3.63, 3.8) is 0 Å². The third kappa shape index (κ3) is 5.00. The number of carbonyl (C=O) groups excluding carboxylic acids is 1. The summed E-state index contributed by atoms with van der Waals surface area (Å²) in [5, 5.41) is 6.92. The van der Waals surface area contributed by atoms with Crippen molar-refractivity contribution in [1.29, 1.82) is 0 Å². The van der Waals surface area contributed by atoms with Gasteiger partial charge in [0.05, 0.1) is 5.69 Å². The Morgan fingerprint density at radius 1 is 1.38 bits per heavy atom. The van der Waals surface area contributed by atoms with E-state index < -0.39 is 5.54 Å². The Kier molecular flexibility index (Phi) is 7.35. The maximum atomic E-state index is 12.1. The zero-order valence-electron chi connectivity index (χ0n) is 11.8. The highest BCUT2D eigenvalue weighted by atomic mass is 35.5. The fourth-order valence-electron chi connectivity index (χ4n) is 1.56. The first-order valence-corrected chi connectivity index (χ1v) is 5.99. The average Bonchev–Trinajstić information content (AvgIpc) is 2.92. The molecule has 0 radical (unpaired) electrons. The van der Waals surface area contributed by atoms with E-state index in [1.54, 1.807) is 29.2 Å². The van der Waals surface area contributed by atoms with Crippen LogP contribution in [0.2, 0.25) is 0 Å². The highest BCUT2D eigenvalue weighted by Crippen LogP contribution is 2.10. The Morgan fingerprint density at radius 2 is 2.10 bits per heavy atom. The normalized spacial score (nSPS) is 10.2. The third-order valence-corrected chi connectivity index (χ3v) is 2.75. The first-order valence-electron chi connectivity index (χ1n) is 5.99. The minimum Gasteiger partial charge on any atom is -0.346 e. The molecular weight excluding hydrogens is 313 g/mol. The monoisotopic (exact) mass is 331 g/mol. The van der Waals surface area contributed by atoms with Crippen LogP contribution in [0, 0.1) is 0 Å². The molecule has 0 spiro atoms. The molecule has 0 saturated heterocycles. The van der Waals surface area contributed by atoms with Crippen LogP contribution < -0.4 is 11.1 Å². The van der Waals surface area contributed by atoms with E-state index in [1.165, 1.54) is 6.33 Å². The van der Waals surface area contributed by atoms with Crippen molar-refractivity contribution in [3.8, 4) is 5.69 Å². The van der Waals surface area contributed by atoms with Gasteiger partial charge in [0.15, 0.2) is 0 Å². The number of hydrogen-bond acceptors (Lipinski definition) is 4. The summed E-state index contributed by atoms with van der Waals surface area (Å²) in [5.41, 5.74) is 6.52. The van der Waals surface area contributed by atoms with E-state index in [1.807, 2.05) is 19.9 Å². The van der Waals surface area contributed by atoms with Gasteiger partial charge in [0.2, 0.25) is 0 Å². The predicted octanol–water partition coefficient (Wildman–Crippen LogP) is 1.58. The minimum atomic E-state index is -0.430. The molecule has 0 fully saturated rings. The summed E-state index contributed by atoms with van der Waals surface area (Å²) in [6, 6.07) is 7.18. The van der Waals surface area contributed by atoms with Gasteiger partial charge >= 0.3 is 0 Å². The molecule has 0 unspecified atom stereocenters. The fraction of sp³-hybridized carbons (Fsp3) is 0.308. The van der Waals surface area contributed by atoms with Gasteiger partial charge in [0.25, 0.3) is 5.91 Å². The zero-order chi connectivity index (χ0) is 13.9. The summed E-state index contributed by atoms with van der Waals surface area (Å²) in [6.07, 6.45) is 3.03. The second-order valence-corrected chi connectivity index (χ2v) is 4.93. The molecule has 1 aromatic heterocycles. The van der Waals surface area contributed by atoms with Gasteiger partial charge in [-0.25, -0.2) is 9.67 Å². The maximum absolute atomic E-state index is 12.1. The van der Waals surface area contributed by atoms with Crippen molar-refractivity contribution in [2.45, 2.75) is 19.4 Å². The summed E-state index contributed by atoms with van der Waals surface area (Å²) in [7, 11) is 0. The molecular formula is C13H19Cl2N5O. The molecule has 0 aliphatic rings. The number of carbonyl (C=O) groups is 1. The molecule has 8 heteroatoms. The smallest absolute Gasteiger partial charge is 0.251 e. The number of amides is 1. The molecule has 2 rings (SSSR count). The van der Waals surface area contributed by atoms with Crippen LogP contribution in [0.15, 0.2) is 36.9 Å². The van der Waals surface area contributed by atoms with Gasteiger partial charge in [-0.2, -0.15) is 5.10 Å². The van der Waals surface area contributed by atoms with Crippen molar-refractivity contribution >= 4 is 30.7 Å². The minimum absolute atomic E-state index is 0. The standard InChI is InChI=1S/C13H17N5O.2ClH/c1-13(2,7-14)17-12(19)10-4-3-5-11(6-10)18-9-15-8-16-18;;/h3-6,8-9H,7,14H2,1-2H3,(H,17,19);2*1H. The molecule has 0 aliphatic carbocycles. The molecule has 6 nitrogen and oxygen atoms in total. The number of hydrogen-bond donors (Lipinski definition) is 2. The van der Waals surface area contributed by atoms with Crippen molar-refractivity contribution in [2.24, 2.45) is 5.73 Å². The first kappa shape index (κ1) is 19.4. The number of benzene rings is 1. The van der Waals surface area contributed by atoms with E-state index in [0.717, 1.165) is 5.69 Å². The van der Waals surface area contributed by atoms with Gasteiger partial charge in [-0.05, 0) is 32.0 Å². The largest absolute Gasteiger partial charge is 0.346 e. The third-order valence-electron chi connectivity index (χ3n) is 2.75. The number of aromatic nitrogens is 3.